The largest absolute Gasteiger partial charge is 0.497 e. The predicted octanol–water partition coefficient (Wildman–Crippen LogP) is 3.41. The first-order valence-electron chi connectivity index (χ1n) is 9.31. The Hall–Kier alpha value is -2.57. The molecule has 1 amide bonds. The van der Waals surface area contributed by atoms with E-state index in [9.17, 15) is 9.59 Å². The first-order valence-corrected chi connectivity index (χ1v) is 9.31. The highest BCUT2D eigenvalue weighted by Crippen LogP contribution is 2.30. The van der Waals surface area contributed by atoms with E-state index in [2.05, 4.69) is 10.3 Å². The Morgan fingerprint density at radius 2 is 1.93 bits per heavy atom. The zero-order valence-corrected chi connectivity index (χ0v) is 16.3. The van der Waals surface area contributed by atoms with Crippen molar-refractivity contribution >= 4 is 17.1 Å². The van der Waals surface area contributed by atoms with Crippen molar-refractivity contribution in [1.29, 1.82) is 0 Å². The van der Waals surface area contributed by atoms with E-state index in [4.69, 9.17) is 9.47 Å². The summed E-state index contributed by atoms with van der Waals surface area (Å²) in [4.78, 5) is 28.7. The quantitative estimate of drug-likeness (QED) is 0.891. The zero-order valence-electron chi connectivity index (χ0n) is 16.3. The van der Waals surface area contributed by atoms with Gasteiger partial charge in [0.1, 0.15) is 11.4 Å². The van der Waals surface area contributed by atoms with Gasteiger partial charge in [0.05, 0.1) is 24.3 Å². The molecule has 0 radical (unpaired) electrons. The van der Waals surface area contributed by atoms with Crippen LogP contribution in [0.4, 0.5) is 4.79 Å². The molecule has 0 aliphatic heterocycles. The van der Waals surface area contributed by atoms with Gasteiger partial charge in [-0.05, 0) is 58.6 Å². The third-order valence-electron chi connectivity index (χ3n) is 4.78. The number of benzene rings is 1. The van der Waals surface area contributed by atoms with Gasteiger partial charge in [-0.15, -0.1) is 0 Å². The Labute approximate surface area is 158 Å². The van der Waals surface area contributed by atoms with Crippen LogP contribution in [0.2, 0.25) is 0 Å². The van der Waals surface area contributed by atoms with Gasteiger partial charge in [-0.2, -0.15) is 0 Å². The lowest BCUT2D eigenvalue weighted by molar-refractivity contribution is 0.0488. The molecule has 0 bridgehead atoms. The van der Waals surface area contributed by atoms with E-state index in [1.165, 1.54) is 6.20 Å². The molecule has 0 unspecified atom stereocenters. The average molecular weight is 373 g/mol. The van der Waals surface area contributed by atoms with Crippen LogP contribution in [0.3, 0.4) is 0 Å². The van der Waals surface area contributed by atoms with Crippen molar-refractivity contribution in [3.05, 3.63) is 34.7 Å². The molecule has 146 valence electrons. The van der Waals surface area contributed by atoms with Gasteiger partial charge in [-0.3, -0.25) is 4.79 Å². The normalized spacial score (nSPS) is 20.3. The molecule has 1 N–H and O–H groups in total. The van der Waals surface area contributed by atoms with Crippen LogP contribution in [-0.4, -0.2) is 34.4 Å². The van der Waals surface area contributed by atoms with Crippen molar-refractivity contribution in [2.24, 2.45) is 0 Å². The molecule has 1 aromatic carbocycles. The van der Waals surface area contributed by atoms with Gasteiger partial charge < -0.3 is 19.4 Å². The minimum absolute atomic E-state index is 0.0643. The summed E-state index contributed by atoms with van der Waals surface area (Å²) in [5, 5.41) is 2.94. The lowest BCUT2D eigenvalue weighted by Crippen LogP contribution is -2.41. The number of aromatic nitrogens is 2. The van der Waals surface area contributed by atoms with Gasteiger partial charge >= 0.3 is 6.09 Å². The fourth-order valence-corrected chi connectivity index (χ4v) is 3.57. The summed E-state index contributed by atoms with van der Waals surface area (Å²) >= 11 is 0. The standard InChI is InChI=1S/C20H27N3O4/c1-20(2,3)27-19(25)22-13-5-7-14(8-6-13)23-17-11-15(26-4)9-10-16(17)21-12-18(23)24/h9-14H,5-8H2,1-4H3,(H,22,25). The maximum atomic E-state index is 12.5. The summed E-state index contributed by atoms with van der Waals surface area (Å²) in [5.74, 6) is 0.698. The maximum absolute atomic E-state index is 12.5. The number of fused-ring (bicyclic) bond motifs is 1. The third-order valence-corrected chi connectivity index (χ3v) is 4.78. The third kappa shape index (κ3) is 4.59. The Morgan fingerprint density at radius 3 is 2.56 bits per heavy atom. The molecule has 1 aliphatic carbocycles. The van der Waals surface area contributed by atoms with Crippen LogP contribution in [0.25, 0.3) is 11.0 Å². The van der Waals surface area contributed by atoms with Crippen LogP contribution in [-0.2, 0) is 4.74 Å². The topological polar surface area (TPSA) is 82.5 Å². The maximum Gasteiger partial charge on any atom is 0.407 e. The second-order valence-corrected chi connectivity index (χ2v) is 7.97. The number of carbonyl (C=O) groups is 1. The summed E-state index contributed by atoms with van der Waals surface area (Å²) in [6.07, 6.45) is 4.18. The van der Waals surface area contributed by atoms with Crippen LogP contribution in [0, 0.1) is 0 Å². The van der Waals surface area contributed by atoms with Crippen molar-refractivity contribution in [2.45, 2.75) is 64.1 Å². The lowest BCUT2D eigenvalue weighted by atomic mass is 9.91. The van der Waals surface area contributed by atoms with Crippen molar-refractivity contribution in [3.63, 3.8) is 0 Å². The molecule has 1 heterocycles. The number of alkyl carbamates (subject to hydrolysis) is 1. The zero-order chi connectivity index (χ0) is 19.6. The molecule has 1 saturated carbocycles. The minimum atomic E-state index is -0.510. The first-order chi connectivity index (χ1) is 12.8. The van der Waals surface area contributed by atoms with Crippen LogP contribution >= 0.6 is 0 Å². The van der Waals surface area contributed by atoms with Crippen LogP contribution < -0.4 is 15.6 Å². The van der Waals surface area contributed by atoms with Crippen LogP contribution in [0.15, 0.2) is 29.2 Å². The van der Waals surface area contributed by atoms with Gasteiger partial charge in [0.15, 0.2) is 0 Å². The van der Waals surface area contributed by atoms with Gasteiger partial charge in [0, 0.05) is 18.2 Å². The van der Waals surface area contributed by atoms with Crippen LogP contribution in [0.1, 0.15) is 52.5 Å². The van der Waals surface area contributed by atoms with E-state index < -0.39 is 5.60 Å². The molecule has 1 fully saturated rings. The highest BCUT2D eigenvalue weighted by molar-refractivity contribution is 5.76. The van der Waals surface area contributed by atoms with Crippen molar-refractivity contribution < 1.29 is 14.3 Å². The molecule has 0 spiro atoms. The fraction of sp³-hybridized carbons (Fsp3) is 0.550. The van der Waals surface area contributed by atoms with Gasteiger partial charge in [-0.1, -0.05) is 0 Å². The Bertz CT molecular complexity index is 877. The molecule has 7 nitrogen and oxygen atoms in total. The van der Waals surface area contributed by atoms with E-state index in [-0.39, 0.29) is 23.7 Å². The molecular formula is C20H27N3O4. The number of nitrogens with one attached hydrogen (secondary N) is 1. The van der Waals surface area contributed by atoms with Crippen molar-refractivity contribution in [1.82, 2.24) is 14.9 Å². The van der Waals surface area contributed by atoms with E-state index in [1.54, 1.807) is 7.11 Å². The minimum Gasteiger partial charge on any atom is -0.497 e. The van der Waals surface area contributed by atoms with E-state index in [1.807, 2.05) is 43.5 Å². The molecule has 1 aromatic heterocycles. The number of nitrogens with zero attached hydrogens (tertiary/aromatic N) is 2. The van der Waals surface area contributed by atoms with Crippen molar-refractivity contribution in [3.8, 4) is 5.75 Å². The van der Waals surface area contributed by atoms with Gasteiger partial charge in [0.25, 0.3) is 5.56 Å². The van der Waals surface area contributed by atoms with Gasteiger partial charge in [-0.25, -0.2) is 9.78 Å². The molecule has 0 saturated heterocycles. The summed E-state index contributed by atoms with van der Waals surface area (Å²) in [6, 6.07) is 5.70. The molecule has 3 rings (SSSR count). The number of amides is 1. The Balaban J connectivity index is 1.74. The lowest BCUT2D eigenvalue weighted by Gasteiger charge is -2.31. The number of ether oxygens (including phenoxy) is 2. The second kappa shape index (κ2) is 7.58. The van der Waals surface area contributed by atoms with Crippen LogP contribution in [0.5, 0.6) is 5.75 Å². The molecule has 7 heteroatoms. The number of hydrogen-bond donors (Lipinski definition) is 1. The Morgan fingerprint density at radius 1 is 1.22 bits per heavy atom. The molecular weight excluding hydrogens is 346 g/mol. The SMILES string of the molecule is COc1ccc2ncc(=O)n(C3CCC(NC(=O)OC(C)(C)C)CC3)c2c1. The van der Waals surface area contributed by atoms with E-state index in [0.29, 0.717) is 5.75 Å². The molecule has 1 aliphatic rings. The highest BCUT2D eigenvalue weighted by atomic mass is 16.6. The number of carbonyl (C=O) groups excluding carboxylic acids is 1. The number of hydrogen-bond acceptors (Lipinski definition) is 5. The fourth-order valence-electron chi connectivity index (χ4n) is 3.57. The van der Waals surface area contributed by atoms with E-state index >= 15 is 0 Å². The first kappa shape index (κ1) is 19.2. The second-order valence-electron chi connectivity index (χ2n) is 7.97. The molecule has 2 aromatic rings. The Kier molecular flexibility index (Phi) is 5.39. The summed E-state index contributed by atoms with van der Waals surface area (Å²) in [5.41, 5.74) is 0.929. The number of rotatable bonds is 3. The number of methoxy groups -OCH3 is 1. The van der Waals surface area contributed by atoms with Crippen molar-refractivity contribution in [2.75, 3.05) is 7.11 Å². The van der Waals surface area contributed by atoms with Gasteiger partial charge in [0.2, 0.25) is 0 Å². The van der Waals surface area contributed by atoms with E-state index in [0.717, 1.165) is 36.7 Å². The molecule has 0 atom stereocenters. The monoisotopic (exact) mass is 373 g/mol. The average Bonchev–Trinajstić information content (AvgIpc) is 2.60. The predicted molar refractivity (Wildman–Crippen MR) is 103 cm³/mol. The summed E-state index contributed by atoms with van der Waals surface area (Å²) < 4.78 is 12.4. The smallest absolute Gasteiger partial charge is 0.407 e. The summed E-state index contributed by atoms with van der Waals surface area (Å²) in [6.45, 7) is 5.54. The highest BCUT2D eigenvalue weighted by Gasteiger charge is 2.27. The molecule has 27 heavy (non-hydrogen) atoms. The summed E-state index contributed by atoms with van der Waals surface area (Å²) in [7, 11) is 1.60.